The van der Waals surface area contributed by atoms with E-state index >= 15 is 0 Å². The van der Waals surface area contributed by atoms with Gasteiger partial charge in [-0.3, -0.25) is 4.79 Å². The third-order valence-corrected chi connectivity index (χ3v) is 2.03. The van der Waals surface area contributed by atoms with Crippen LogP contribution in [0.15, 0.2) is 0 Å². The summed E-state index contributed by atoms with van der Waals surface area (Å²) in [7, 11) is 3.04. The van der Waals surface area contributed by atoms with Crippen molar-refractivity contribution in [2.45, 2.75) is 32.6 Å². The maximum absolute atomic E-state index is 11.5. The van der Waals surface area contributed by atoms with Crippen LogP contribution in [0.1, 0.15) is 20.3 Å². The lowest BCUT2D eigenvalue weighted by Gasteiger charge is -2.17. The van der Waals surface area contributed by atoms with Crippen LogP contribution in [0.5, 0.6) is 0 Å². The van der Waals surface area contributed by atoms with Crippen molar-refractivity contribution in [3.8, 4) is 0 Å². The van der Waals surface area contributed by atoms with Crippen LogP contribution >= 0.6 is 0 Å². The average Bonchev–Trinajstić information content (AvgIpc) is 2.18. The van der Waals surface area contributed by atoms with E-state index in [1.165, 1.54) is 14.2 Å². The summed E-state index contributed by atoms with van der Waals surface area (Å²) >= 11 is 0. The van der Waals surface area contributed by atoms with E-state index in [9.17, 15) is 4.79 Å². The third-order valence-electron chi connectivity index (χ3n) is 2.03. The molecule has 5 heteroatoms. The molecule has 1 unspecified atom stereocenters. The third kappa shape index (κ3) is 6.43. The van der Waals surface area contributed by atoms with Crippen LogP contribution in [0.4, 0.5) is 0 Å². The average molecular weight is 218 g/mol. The molecule has 0 saturated heterocycles. The molecule has 5 nitrogen and oxygen atoms in total. The number of nitrogens with one attached hydrogen (secondary N) is 1. The van der Waals surface area contributed by atoms with Gasteiger partial charge in [-0.25, -0.2) is 0 Å². The Balaban J connectivity index is 3.81. The Hall–Kier alpha value is -0.650. The van der Waals surface area contributed by atoms with Gasteiger partial charge in [0.1, 0.15) is 0 Å². The van der Waals surface area contributed by atoms with E-state index < -0.39 is 12.3 Å². The number of hydrogen-bond acceptors (Lipinski definition) is 4. The second-order valence-corrected chi connectivity index (χ2v) is 3.88. The summed E-state index contributed by atoms with van der Waals surface area (Å²) in [6, 6.07) is -0.459. The van der Waals surface area contributed by atoms with Gasteiger partial charge in [0.2, 0.25) is 5.91 Å². The largest absolute Gasteiger partial charge is 0.354 e. The highest BCUT2D eigenvalue weighted by Gasteiger charge is 2.16. The van der Waals surface area contributed by atoms with Gasteiger partial charge in [0.25, 0.3) is 0 Å². The maximum Gasteiger partial charge on any atom is 0.237 e. The van der Waals surface area contributed by atoms with Crippen molar-refractivity contribution in [3.05, 3.63) is 0 Å². The minimum absolute atomic E-state index is 0.164. The van der Waals surface area contributed by atoms with E-state index in [2.05, 4.69) is 5.32 Å². The van der Waals surface area contributed by atoms with Crippen molar-refractivity contribution < 1.29 is 14.3 Å². The molecule has 0 aliphatic rings. The molecule has 0 fully saturated rings. The van der Waals surface area contributed by atoms with Crippen LogP contribution in [-0.2, 0) is 14.3 Å². The fraction of sp³-hybridized carbons (Fsp3) is 0.900. The molecule has 0 bridgehead atoms. The fourth-order valence-corrected chi connectivity index (χ4v) is 1.19. The zero-order valence-corrected chi connectivity index (χ0v) is 9.95. The Bertz CT molecular complexity index is 182. The maximum atomic E-state index is 11.5. The highest BCUT2D eigenvalue weighted by Crippen LogP contribution is 2.02. The Morgan fingerprint density at radius 3 is 2.27 bits per heavy atom. The van der Waals surface area contributed by atoms with Gasteiger partial charge in [0.05, 0.1) is 12.6 Å². The van der Waals surface area contributed by atoms with E-state index in [0.29, 0.717) is 18.9 Å². The molecular formula is C10H22N2O3. The fourth-order valence-electron chi connectivity index (χ4n) is 1.19. The summed E-state index contributed by atoms with van der Waals surface area (Å²) in [5.74, 6) is 0.245. The quantitative estimate of drug-likeness (QED) is 0.594. The molecule has 3 N–H and O–H groups in total. The summed E-state index contributed by atoms with van der Waals surface area (Å²) in [5.41, 5.74) is 5.69. The lowest BCUT2D eigenvalue weighted by molar-refractivity contribution is -0.128. The molecule has 1 amide bonds. The van der Waals surface area contributed by atoms with Gasteiger partial charge in [-0.1, -0.05) is 13.8 Å². The van der Waals surface area contributed by atoms with Crippen LogP contribution in [-0.4, -0.2) is 39.0 Å². The summed E-state index contributed by atoms with van der Waals surface area (Å²) in [6.45, 7) is 4.37. The Kier molecular flexibility index (Phi) is 7.29. The SMILES string of the molecule is COC(CNC(=O)C(N)CC(C)C)OC. The van der Waals surface area contributed by atoms with Gasteiger partial charge >= 0.3 is 0 Å². The molecule has 1 atom stereocenters. The first kappa shape index (κ1) is 14.3. The van der Waals surface area contributed by atoms with Crippen LogP contribution in [0.25, 0.3) is 0 Å². The topological polar surface area (TPSA) is 73.6 Å². The molecule has 90 valence electrons. The first-order chi connectivity index (χ1) is 7.01. The second kappa shape index (κ2) is 7.62. The second-order valence-electron chi connectivity index (χ2n) is 3.88. The molecule has 0 aromatic rings. The Morgan fingerprint density at radius 2 is 1.87 bits per heavy atom. The van der Waals surface area contributed by atoms with Crippen molar-refractivity contribution >= 4 is 5.91 Å². The van der Waals surface area contributed by atoms with Crippen molar-refractivity contribution in [1.82, 2.24) is 5.32 Å². The van der Waals surface area contributed by atoms with E-state index in [4.69, 9.17) is 15.2 Å². The van der Waals surface area contributed by atoms with Crippen molar-refractivity contribution in [3.63, 3.8) is 0 Å². The van der Waals surface area contributed by atoms with Crippen LogP contribution in [0.3, 0.4) is 0 Å². The molecule has 0 aliphatic carbocycles. The standard InChI is InChI=1S/C10H22N2O3/c1-7(2)5-8(11)10(13)12-6-9(14-3)15-4/h7-9H,5-6,11H2,1-4H3,(H,12,13). The molecular weight excluding hydrogens is 196 g/mol. The molecule has 0 saturated carbocycles. The van der Waals surface area contributed by atoms with Gasteiger partial charge in [-0.05, 0) is 12.3 Å². The monoisotopic (exact) mass is 218 g/mol. The molecule has 0 aliphatic heterocycles. The van der Waals surface area contributed by atoms with E-state index in [1.807, 2.05) is 13.8 Å². The van der Waals surface area contributed by atoms with Crippen molar-refractivity contribution in [2.24, 2.45) is 11.7 Å². The van der Waals surface area contributed by atoms with Crippen molar-refractivity contribution in [2.75, 3.05) is 20.8 Å². The molecule has 0 spiro atoms. The number of nitrogens with two attached hydrogens (primary N) is 1. The highest BCUT2D eigenvalue weighted by molar-refractivity contribution is 5.81. The van der Waals surface area contributed by atoms with Gasteiger partial charge in [-0.15, -0.1) is 0 Å². The number of rotatable bonds is 7. The minimum atomic E-state index is -0.459. The number of carbonyl (C=O) groups is 1. The summed E-state index contributed by atoms with van der Waals surface area (Å²) < 4.78 is 9.87. The van der Waals surface area contributed by atoms with Crippen LogP contribution < -0.4 is 11.1 Å². The number of hydrogen-bond donors (Lipinski definition) is 2. The molecule has 0 aromatic heterocycles. The molecule has 15 heavy (non-hydrogen) atoms. The lowest BCUT2D eigenvalue weighted by atomic mass is 10.0. The predicted molar refractivity (Wildman–Crippen MR) is 58.2 cm³/mol. The number of carbonyl (C=O) groups excluding carboxylic acids is 1. The lowest BCUT2D eigenvalue weighted by Crippen LogP contribution is -2.44. The van der Waals surface area contributed by atoms with E-state index in [1.54, 1.807) is 0 Å². The zero-order valence-electron chi connectivity index (χ0n) is 9.95. The normalized spacial score (nSPS) is 13.3. The summed E-state index contributed by atoms with van der Waals surface area (Å²) in [6.07, 6.45) is 0.261. The molecule has 0 rings (SSSR count). The Morgan fingerprint density at radius 1 is 1.33 bits per heavy atom. The molecule has 0 aromatic carbocycles. The van der Waals surface area contributed by atoms with Crippen LogP contribution in [0, 0.1) is 5.92 Å². The highest BCUT2D eigenvalue weighted by atomic mass is 16.7. The van der Waals surface area contributed by atoms with Gasteiger partial charge in [0, 0.05) is 14.2 Å². The van der Waals surface area contributed by atoms with Gasteiger partial charge < -0.3 is 20.5 Å². The number of ether oxygens (including phenoxy) is 2. The first-order valence-electron chi connectivity index (χ1n) is 5.10. The van der Waals surface area contributed by atoms with Gasteiger partial charge in [0.15, 0.2) is 6.29 Å². The summed E-state index contributed by atoms with van der Waals surface area (Å²) in [5, 5.41) is 2.68. The number of amides is 1. The smallest absolute Gasteiger partial charge is 0.237 e. The van der Waals surface area contributed by atoms with Crippen molar-refractivity contribution in [1.29, 1.82) is 0 Å². The van der Waals surface area contributed by atoms with Gasteiger partial charge in [-0.2, -0.15) is 0 Å². The van der Waals surface area contributed by atoms with Crippen LogP contribution in [0.2, 0.25) is 0 Å². The summed E-state index contributed by atoms with van der Waals surface area (Å²) in [4.78, 5) is 11.5. The zero-order chi connectivity index (χ0) is 11.8. The predicted octanol–water partition coefficient (Wildman–Crippen LogP) is 0.0949. The molecule has 0 radical (unpaired) electrons. The first-order valence-corrected chi connectivity index (χ1v) is 5.10. The van der Waals surface area contributed by atoms with E-state index in [-0.39, 0.29) is 5.91 Å². The molecule has 0 heterocycles. The van der Waals surface area contributed by atoms with E-state index in [0.717, 1.165) is 0 Å². The number of methoxy groups -OCH3 is 2. The minimum Gasteiger partial charge on any atom is -0.354 e. The Labute approximate surface area is 91.3 Å².